The summed E-state index contributed by atoms with van der Waals surface area (Å²) in [7, 11) is 0. The Balaban J connectivity index is 1.18. The summed E-state index contributed by atoms with van der Waals surface area (Å²) in [6, 6.07) is 2.99. The van der Waals surface area contributed by atoms with Gasteiger partial charge < -0.3 is 19.9 Å². The average Bonchev–Trinajstić information content (AvgIpc) is 3.71. The van der Waals surface area contributed by atoms with Gasteiger partial charge in [0.25, 0.3) is 0 Å². The lowest BCUT2D eigenvalue weighted by molar-refractivity contribution is -0.143. The van der Waals surface area contributed by atoms with E-state index in [-0.39, 0.29) is 16.8 Å². The Labute approximate surface area is 235 Å². The maximum Gasteiger partial charge on any atom is 0.323 e. The molecule has 0 radical (unpaired) electrons. The number of ether oxygens (including phenoxy) is 1. The van der Waals surface area contributed by atoms with Gasteiger partial charge in [-0.15, -0.1) is 0 Å². The number of urea groups is 1. The van der Waals surface area contributed by atoms with Gasteiger partial charge in [-0.25, -0.2) is 19.3 Å². The molecule has 0 aromatic carbocycles. The van der Waals surface area contributed by atoms with Gasteiger partial charge in [0.2, 0.25) is 11.7 Å². The lowest BCUT2D eigenvalue weighted by atomic mass is 10.0. The molecule has 4 aromatic rings. The molecule has 1 aliphatic carbocycles. The Kier molecular flexibility index (Phi) is 8.84. The van der Waals surface area contributed by atoms with Gasteiger partial charge in [0.1, 0.15) is 5.69 Å². The van der Waals surface area contributed by atoms with Crippen molar-refractivity contribution in [3.8, 4) is 11.5 Å². The number of hydrogen-bond donors (Lipinski definition) is 2. The first-order valence-electron chi connectivity index (χ1n) is 13.6. The topological polar surface area (TPSA) is 149 Å². The minimum atomic E-state index is -0.442. The highest BCUT2D eigenvalue weighted by Gasteiger charge is 2.25. The van der Waals surface area contributed by atoms with E-state index in [0.29, 0.717) is 48.3 Å². The van der Waals surface area contributed by atoms with Crippen LogP contribution in [0.15, 0.2) is 35.2 Å². The number of rotatable bonds is 11. The molecule has 2 N–H and O–H groups in total. The summed E-state index contributed by atoms with van der Waals surface area (Å²) >= 11 is 6.46. The van der Waals surface area contributed by atoms with E-state index in [1.54, 1.807) is 25.4 Å². The minimum Gasteiger partial charge on any atom is -0.466 e. The monoisotopic (exact) mass is 566 g/mol. The molecule has 1 aliphatic rings. The SMILES string of the molecule is CCOC(=O)CCCCCc1nc(-c2ncc(NC(=O)Nc3cnc4ccnn4c3C3CCCC3)cc2Cl)no1. The van der Waals surface area contributed by atoms with Crippen LogP contribution in [0, 0.1) is 0 Å². The van der Waals surface area contributed by atoms with Crippen LogP contribution in [0.1, 0.15) is 75.8 Å². The van der Waals surface area contributed by atoms with Crippen molar-refractivity contribution in [3.05, 3.63) is 47.3 Å². The number of carbonyl (C=O) groups is 2. The second kappa shape index (κ2) is 12.9. The summed E-state index contributed by atoms with van der Waals surface area (Å²) in [5.41, 5.74) is 3.09. The van der Waals surface area contributed by atoms with E-state index in [4.69, 9.17) is 20.9 Å². The van der Waals surface area contributed by atoms with Crippen molar-refractivity contribution in [2.45, 2.75) is 70.6 Å². The van der Waals surface area contributed by atoms with Gasteiger partial charge in [0.05, 0.1) is 47.3 Å². The predicted molar refractivity (Wildman–Crippen MR) is 148 cm³/mol. The van der Waals surface area contributed by atoms with Crippen molar-refractivity contribution in [1.82, 2.24) is 29.7 Å². The molecule has 2 amide bonds. The van der Waals surface area contributed by atoms with Gasteiger partial charge in [-0.3, -0.25) is 4.79 Å². The van der Waals surface area contributed by atoms with E-state index in [2.05, 4.69) is 35.8 Å². The number of pyridine rings is 1. The molecule has 0 spiro atoms. The smallest absolute Gasteiger partial charge is 0.323 e. The summed E-state index contributed by atoms with van der Waals surface area (Å²) in [5.74, 6) is 0.856. The van der Waals surface area contributed by atoms with E-state index in [9.17, 15) is 9.59 Å². The molecule has 1 saturated carbocycles. The molecule has 0 atom stereocenters. The third-order valence-electron chi connectivity index (χ3n) is 6.80. The van der Waals surface area contributed by atoms with Crippen LogP contribution < -0.4 is 10.6 Å². The molecular weight excluding hydrogens is 536 g/mol. The Morgan fingerprint density at radius 3 is 2.80 bits per heavy atom. The molecule has 5 rings (SSSR count). The first-order valence-corrected chi connectivity index (χ1v) is 13.9. The lowest BCUT2D eigenvalue weighted by Crippen LogP contribution is -2.22. The van der Waals surface area contributed by atoms with Gasteiger partial charge in [0.15, 0.2) is 5.65 Å². The maximum atomic E-state index is 12.9. The van der Waals surface area contributed by atoms with E-state index in [0.717, 1.165) is 56.3 Å². The Morgan fingerprint density at radius 2 is 2.00 bits per heavy atom. The highest BCUT2D eigenvalue weighted by Crippen LogP contribution is 2.37. The molecule has 0 unspecified atom stereocenters. The number of esters is 1. The van der Waals surface area contributed by atoms with E-state index < -0.39 is 6.03 Å². The molecule has 40 heavy (non-hydrogen) atoms. The van der Waals surface area contributed by atoms with Crippen molar-refractivity contribution < 1.29 is 18.8 Å². The number of aryl methyl sites for hydroxylation is 1. The van der Waals surface area contributed by atoms with Crippen LogP contribution in [0.3, 0.4) is 0 Å². The lowest BCUT2D eigenvalue weighted by Gasteiger charge is -2.17. The van der Waals surface area contributed by atoms with Crippen LogP contribution >= 0.6 is 11.6 Å². The second-order valence-electron chi connectivity index (χ2n) is 9.65. The van der Waals surface area contributed by atoms with Gasteiger partial charge in [0, 0.05) is 24.8 Å². The fraction of sp³-hybridized carbons (Fsp3) is 0.444. The zero-order valence-electron chi connectivity index (χ0n) is 22.2. The van der Waals surface area contributed by atoms with Crippen LogP contribution in [0.4, 0.5) is 16.2 Å². The third-order valence-corrected chi connectivity index (χ3v) is 7.09. The van der Waals surface area contributed by atoms with E-state index >= 15 is 0 Å². The minimum absolute atomic E-state index is 0.180. The van der Waals surface area contributed by atoms with Gasteiger partial charge in [-0.1, -0.05) is 36.0 Å². The molecule has 210 valence electrons. The summed E-state index contributed by atoms with van der Waals surface area (Å²) in [5, 5.41) is 14.4. The molecule has 4 heterocycles. The van der Waals surface area contributed by atoms with Crippen LogP contribution in [0.5, 0.6) is 0 Å². The standard InChI is InChI=1S/C27H31ClN8O4/c1-2-39-23(37)11-5-3-4-10-22-34-26(35-40-22)24-19(28)14-18(15-30-24)32-27(38)33-20-16-29-21-12-13-31-36(21)25(20)17-8-6-7-9-17/h12-17H,2-11H2,1H3,(H2,32,33,38). The summed E-state index contributed by atoms with van der Waals surface area (Å²) in [4.78, 5) is 37.5. The van der Waals surface area contributed by atoms with Gasteiger partial charge in [-0.05, 0) is 38.7 Å². The summed E-state index contributed by atoms with van der Waals surface area (Å²) in [6.07, 6.45) is 12.6. The fourth-order valence-electron chi connectivity index (χ4n) is 4.94. The fourth-order valence-corrected chi connectivity index (χ4v) is 5.19. The Hall–Kier alpha value is -4.06. The van der Waals surface area contributed by atoms with E-state index in [1.165, 1.54) is 6.20 Å². The van der Waals surface area contributed by atoms with Crippen molar-refractivity contribution in [2.75, 3.05) is 17.2 Å². The number of hydrogen-bond acceptors (Lipinski definition) is 9. The zero-order chi connectivity index (χ0) is 27.9. The molecule has 1 fully saturated rings. The van der Waals surface area contributed by atoms with Gasteiger partial charge >= 0.3 is 12.0 Å². The number of nitrogens with zero attached hydrogens (tertiary/aromatic N) is 6. The second-order valence-corrected chi connectivity index (χ2v) is 10.1. The summed E-state index contributed by atoms with van der Waals surface area (Å²) < 4.78 is 12.1. The number of aromatic nitrogens is 6. The van der Waals surface area contributed by atoms with Crippen molar-refractivity contribution >= 4 is 40.6 Å². The molecule has 4 aromatic heterocycles. The first kappa shape index (κ1) is 27.5. The number of nitrogens with one attached hydrogen (secondary N) is 2. The number of halogens is 1. The highest BCUT2D eigenvalue weighted by molar-refractivity contribution is 6.33. The number of unbranched alkanes of at least 4 members (excludes halogenated alkanes) is 2. The van der Waals surface area contributed by atoms with Gasteiger partial charge in [-0.2, -0.15) is 10.1 Å². The van der Waals surface area contributed by atoms with Crippen molar-refractivity contribution in [3.63, 3.8) is 0 Å². The van der Waals surface area contributed by atoms with Crippen LogP contribution in [-0.2, 0) is 16.0 Å². The number of fused-ring (bicyclic) bond motifs is 1. The zero-order valence-corrected chi connectivity index (χ0v) is 23.0. The molecule has 0 bridgehead atoms. The molecular formula is C27H31ClN8O4. The van der Waals surface area contributed by atoms with Crippen LogP contribution in [0.2, 0.25) is 5.02 Å². The number of anilines is 2. The molecule has 0 saturated heterocycles. The van der Waals surface area contributed by atoms with E-state index in [1.807, 2.05) is 10.6 Å². The highest BCUT2D eigenvalue weighted by atomic mass is 35.5. The molecule has 13 heteroatoms. The predicted octanol–water partition coefficient (Wildman–Crippen LogP) is 5.80. The molecule has 0 aliphatic heterocycles. The van der Waals surface area contributed by atoms with Crippen LogP contribution in [-0.4, -0.2) is 48.3 Å². The number of amides is 2. The largest absolute Gasteiger partial charge is 0.466 e. The van der Waals surface area contributed by atoms with Crippen LogP contribution in [0.25, 0.3) is 17.2 Å². The van der Waals surface area contributed by atoms with Crippen molar-refractivity contribution in [1.29, 1.82) is 0 Å². The first-order chi connectivity index (χ1) is 19.5. The third kappa shape index (κ3) is 6.56. The van der Waals surface area contributed by atoms with Crippen molar-refractivity contribution in [2.24, 2.45) is 0 Å². The normalized spacial score (nSPS) is 13.6. The number of carbonyl (C=O) groups excluding carboxylic acids is 2. The average molecular weight is 567 g/mol. The summed E-state index contributed by atoms with van der Waals surface area (Å²) in [6.45, 7) is 2.19. The Bertz CT molecular complexity index is 1480. The Morgan fingerprint density at radius 1 is 1.15 bits per heavy atom. The maximum absolute atomic E-state index is 12.9. The molecule has 12 nitrogen and oxygen atoms in total. The quantitative estimate of drug-likeness (QED) is 0.170.